The van der Waals surface area contributed by atoms with Crippen molar-refractivity contribution in [1.82, 2.24) is 19.8 Å². The summed E-state index contributed by atoms with van der Waals surface area (Å²) >= 11 is 0. The average Bonchev–Trinajstić information content (AvgIpc) is 2.91. The highest BCUT2D eigenvalue weighted by Crippen LogP contribution is 2.35. The molecule has 2 rings (SSSR count). The maximum absolute atomic E-state index is 4.62. The molecule has 2 unspecified atom stereocenters. The molecule has 1 aliphatic heterocycles. The largest absolute Gasteiger partial charge is 0.337 e. The summed E-state index contributed by atoms with van der Waals surface area (Å²) in [6, 6.07) is 0.288. The number of hydrogen-bond acceptors (Lipinski definition) is 3. The van der Waals surface area contributed by atoms with Gasteiger partial charge in [-0.1, -0.05) is 20.3 Å². The lowest BCUT2D eigenvalue weighted by atomic mass is 9.84. The van der Waals surface area contributed by atoms with Gasteiger partial charge in [-0.25, -0.2) is 4.98 Å². The van der Waals surface area contributed by atoms with Gasteiger partial charge < -0.3 is 9.88 Å². The van der Waals surface area contributed by atoms with Gasteiger partial charge in [0, 0.05) is 25.0 Å². The number of piperidine rings is 1. The van der Waals surface area contributed by atoms with Crippen LogP contribution in [0, 0.1) is 0 Å². The van der Waals surface area contributed by atoms with E-state index in [0.29, 0.717) is 0 Å². The number of rotatable bonds is 6. The van der Waals surface area contributed by atoms with Crippen LogP contribution in [0.3, 0.4) is 0 Å². The molecule has 4 heteroatoms. The van der Waals surface area contributed by atoms with Crippen LogP contribution in [0.25, 0.3) is 0 Å². The molecule has 0 radical (unpaired) electrons. The predicted octanol–water partition coefficient (Wildman–Crippen LogP) is 2.73. The van der Waals surface area contributed by atoms with Crippen molar-refractivity contribution in [3.63, 3.8) is 0 Å². The summed E-state index contributed by atoms with van der Waals surface area (Å²) in [5.41, 5.74) is 0.134. The quantitative estimate of drug-likeness (QED) is 0.868. The fraction of sp³-hybridized carbons (Fsp3) is 0.812. The molecule has 0 spiro atoms. The summed E-state index contributed by atoms with van der Waals surface area (Å²) in [4.78, 5) is 7.30. The Balaban J connectivity index is 2.30. The van der Waals surface area contributed by atoms with Crippen molar-refractivity contribution in [3.8, 4) is 0 Å². The molecule has 0 saturated carbocycles. The molecule has 20 heavy (non-hydrogen) atoms. The van der Waals surface area contributed by atoms with Crippen LogP contribution in [0.2, 0.25) is 0 Å². The molecule has 4 nitrogen and oxygen atoms in total. The normalized spacial score (nSPS) is 21.6. The zero-order chi connectivity index (χ0) is 14.6. The van der Waals surface area contributed by atoms with Crippen LogP contribution in [-0.4, -0.2) is 39.6 Å². The minimum atomic E-state index is 0.134. The molecule has 1 fully saturated rings. The van der Waals surface area contributed by atoms with Crippen molar-refractivity contribution in [2.75, 3.05) is 19.6 Å². The number of aromatic nitrogens is 2. The van der Waals surface area contributed by atoms with E-state index >= 15 is 0 Å². The van der Waals surface area contributed by atoms with Crippen molar-refractivity contribution in [2.24, 2.45) is 7.05 Å². The third kappa shape index (κ3) is 2.91. The van der Waals surface area contributed by atoms with E-state index in [9.17, 15) is 0 Å². The Labute approximate surface area is 123 Å². The molecule has 1 saturated heterocycles. The van der Waals surface area contributed by atoms with Crippen LogP contribution in [0.4, 0.5) is 0 Å². The smallest absolute Gasteiger partial charge is 0.127 e. The molecule has 1 aliphatic rings. The first kappa shape index (κ1) is 15.5. The van der Waals surface area contributed by atoms with E-state index in [1.165, 1.54) is 32.4 Å². The highest BCUT2D eigenvalue weighted by molar-refractivity contribution is 5.09. The van der Waals surface area contributed by atoms with Gasteiger partial charge >= 0.3 is 0 Å². The van der Waals surface area contributed by atoms with Gasteiger partial charge in [-0.3, -0.25) is 4.90 Å². The first-order chi connectivity index (χ1) is 9.63. The summed E-state index contributed by atoms with van der Waals surface area (Å²) in [5.74, 6) is 1.15. The number of likely N-dealkylation sites (N-methyl/N-ethyl adjacent to an activating group) is 1. The molecule has 1 aromatic heterocycles. The lowest BCUT2D eigenvalue weighted by molar-refractivity contribution is 0.0394. The van der Waals surface area contributed by atoms with Crippen LogP contribution in [0.5, 0.6) is 0 Å². The fourth-order valence-electron chi connectivity index (χ4n) is 3.46. The monoisotopic (exact) mass is 278 g/mol. The minimum absolute atomic E-state index is 0.134. The molecule has 0 bridgehead atoms. The van der Waals surface area contributed by atoms with Crippen LogP contribution < -0.4 is 5.32 Å². The van der Waals surface area contributed by atoms with Crippen molar-refractivity contribution < 1.29 is 0 Å². The summed E-state index contributed by atoms with van der Waals surface area (Å²) in [6.07, 6.45) is 9.13. The molecule has 1 N–H and O–H groups in total. The maximum Gasteiger partial charge on any atom is 0.127 e. The maximum atomic E-state index is 4.62. The van der Waals surface area contributed by atoms with E-state index in [0.717, 1.165) is 18.8 Å². The number of imidazole rings is 1. The molecule has 2 heterocycles. The number of likely N-dealkylation sites (tertiary alicyclic amines) is 1. The van der Waals surface area contributed by atoms with Crippen molar-refractivity contribution in [2.45, 2.75) is 58.0 Å². The lowest BCUT2D eigenvalue weighted by Crippen LogP contribution is -2.56. The fourth-order valence-corrected chi connectivity index (χ4v) is 3.46. The Hall–Kier alpha value is -0.870. The molecule has 0 aliphatic carbocycles. The predicted molar refractivity (Wildman–Crippen MR) is 83.7 cm³/mol. The van der Waals surface area contributed by atoms with Gasteiger partial charge in [-0.2, -0.15) is 0 Å². The van der Waals surface area contributed by atoms with Crippen LogP contribution in [0.15, 0.2) is 12.4 Å². The SMILES string of the molecule is CCNC(c1nccn1C)C(C)(CC)N1CCCCC1. The van der Waals surface area contributed by atoms with Gasteiger partial charge in [0.1, 0.15) is 5.82 Å². The Morgan fingerprint density at radius 3 is 2.50 bits per heavy atom. The summed E-state index contributed by atoms with van der Waals surface area (Å²) in [6.45, 7) is 10.3. The highest BCUT2D eigenvalue weighted by Gasteiger charge is 2.40. The first-order valence-corrected chi connectivity index (χ1v) is 8.09. The Morgan fingerprint density at radius 1 is 1.30 bits per heavy atom. The Morgan fingerprint density at radius 2 is 2.00 bits per heavy atom. The van der Waals surface area contributed by atoms with E-state index in [1.54, 1.807) is 0 Å². The van der Waals surface area contributed by atoms with E-state index < -0.39 is 0 Å². The average molecular weight is 278 g/mol. The van der Waals surface area contributed by atoms with Crippen LogP contribution >= 0.6 is 0 Å². The zero-order valence-electron chi connectivity index (χ0n) is 13.5. The van der Waals surface area contributed by atoms with Gasteiger partial charge in [0.15, 0.2) is 0 Å². The molecule has 0 aromatic carbocycles. The van der Waals surface area contributed by atoms with Crippen LogP contribution in [0.1, 0.15) is 58.3 Å². The van der Waals surface area contributed by atoms with Crippen LogP contribution in [-0.2, 0) is 7.05 Å². The number of hydrogen-bond donors (Lipinski definition) is 1. The highest BCUT2D eigenvalue weighted by atomic mass is 15.2. The molecular formula is C16H30N4. The molecule has 114 valence electrons. The number of aryl methyl sites for hydroxylation is 1. The second-order valence-electron chi connectivity index (χ2n) is 6.15. The van der Waals surface area contributed by atoms with Crippen molar-refractivity contribution >= 4 is 0 Å². The zero-order valence-corrected chi connectivity index (χ0v) is 13.5. The summed E-state index contributed by atoms with van der Waals surface area (Å²) < 4.78 is 2.16. The second kappa shape index (κ2) is 6.72. The van der Waals surface area contributed by atoms with E-state index in [-0.39, 0.29) is 11.6 Å². The van der Waals surface area contributed by atoms with Crippen molar-refractivity contribution in [3.05, 3.63) is 18.2 Å². The Kier molecular flexibility index (Phi) is 5.22. The van der Waals surface area contributed by atoms with E-state index in [4.69, 9.17) is 0 Å². The number of nitrogens with zero attached hydrogens (tertiary/aromatic N) is 3. The van der Waals surface area contributed by atoms with E-state index in [1.807, 2.05) is 12.4 Å². The van der Waals surface area contributed by atoms with Gasteiger partial charge in [0.25, 0.3) is 0 Å². The molecule has 2 atom stereocenters. The minimum Gasteiger partial charge on any atom is -0.337 e. The van der Waals surface area contributed by atoms with Gasteiger partial charge in [-0.05, 0) is 45.8 Å². The second-order valence-corrected chi connectivity index (χ2v) is 6.15. The third-order valence-corrected chi connectivity index (χ3v) is 4.94. The number of nitrogens with one attached hydrogen (secondary N) is 1. The topological polar surface area (TPSA) is 33.1 Å². The van der Waals surface area contributed by atoms with Gasteiger partial charge in [-0.15, -0.1) is 0 Å². The lowest BCUT2D eigenvalue weighted by Gasteiger charge is -2.47. The molecular weight excluding hydrogens is 248 g/mol. The standard InChI is InChI=1S/C16H30N4/c1-5-16(3,20-11-8-7-9-12-20)14(17-6-2)15-18-10-13-19(15)4/h10,13-14,17H,5-9,11-12H2,1-4H3. The molecule has 1 aromatic rings. The summed E-state index contributed by atoms with van der Waals surface area (Å²) in [7, 11) is 2.10. The first-order valence-electron chi connectivity index (χ1n) is 8.09. The van der Waals surface area contributed by atoms with Gasteiger partial charge in [0.05, 0.1) is 6.04 Å². The molecule has 0 amide bonds. The summed E-state index contributed by atoms with van der Waals surface area (Å²) in [5, 5.41) is 3.69. The van der Waals surface area contributed by atoms with Crippen molar-refractivity contribution in [1.29, 1.82) is 0 Å². The Bertz CT molecular complexity index is 408. The van der Waals surface area contributed by atoms with Gasteiger partial charge in [0.2, 0.25) is 0 Å². The third-order valence-electron chi connectivity index (χ3n) is 4.94. The van der Waals surface area contributed by atoms with E-state index in [2.05, 4.69) is 47.6 Å².